The summed E-state index contributed by atoms with van der Waals surface area (Å²) in [5.41, 5.74) is 2.52. The average molecular weight is 563 g/mol. The van der Waals surface area contributed by atoms with Gasteiger partial charge in [-0.25, -0.2) is 8.42 Å². The van der Waals surface area contributed by atoms with Gasteiger partial charge in [0.25, 0.3) is 0 Å². The molecule has 0 bridgehead atoms. The van der Waals surface area contributed by atoms with Crippen LogP contribution in [0.3, 0.4) is 0 Å². The first-order valence-corrected chi connectivity index (χ1v) is 15.8. The van der Waals surface area contributed by atoms with Crippen LogP contribution in [0.15, 0.2) is 35.7 Å². The molecule has 7 heteroatoms. The van der Waals surface area contributed by atoms with Gasteiger partial charge in [-0.15, -0.1) is 6.58 Å². The molecule has 212 valence electrons. The van der Waals surface area contributed by atoms with Crippen LogP contribution in [-0.4, -0.2) is 36.8 Å². The molecule has 40 heavy (non-hydrogen) atoms. The number of carbonyl (C=O) groups is 3. The Kier molecular flexibility index (Phi) is 6.77. The fourth-order valence-corrected chi connectivity index (χ4v) is 9.46. The Morgan fingerprint density at radius 1 is 1.10 bits per heavy atom. The van der Waals surface area contributed by atoms with Gasteiger partial charge in [0.1, 0.15) is 0 Å². The number of rotatable bonds is 6. The van der Waals surface area contributed by atoms with Gasteiger partial charge >= 0.3 is 5.97 Å². The number of ketones is 2. The lowest BCUT2D eigenvalue weighted by Crippen LogP contribution is -2.47. The Labute approximate surface area is 236 Å². The largest absolute Gasteiger partial charge is 0.481 e. The molecule has 1 heterocycles. The molecule has 0 radical (unpaired) electrons. The highest BCUT2D eigenvalue weighted by Crippen LogP contribution is 2.54. The van der Waals surface area contributed by atoms with Gasteiger partial charge in [-0.1, -0.05) is 39.3 Å². The number of allylic oxidation sites excluding steroid dienone is 1. The molecular weight excluding hydrogens is 524 g/mol. The van der Waals surface area contributed by atoms with Crippen LogP contribution < -0.4 is 0 Å². The standard InChI is InChI=1S/C33H38O6S/c1-7-32(5)12-8-13-33(6,31(36)37)25(32)10-9-20-16-21(18(2)3)17-24-26(20)29(35)27-22-11-14-40(38,39)30(22)19(4)15-23(27)28(24)34/h7,15-18,25H,1,8-14H2,2-6H3,(H,36,37). The molecule has 1 aliphatic heterocycles. The molecular formula is C33H38O6S. The molecule has 6 nitrogen and oxygen atoms in total. The molecule has 0 spiro atoms. The summed E-state index contributed by atoms with van der Waals surface area (Å²) in [7, 11) is -3.51. The monoisotopic (exact) mass is 562 g/mol. The number of aryl methyl sites for hydroxylation is 2. The number of carboxylic acids is 1. The maximum atomic E-state index is 14.3. The van der Waals surface area contributed by atoms with E-state index in [0.717, 1.165) is 24.0 Å². The minimum Gasteiger partial charge on any atom is -0.481 e. The van der Waals surface area contributed by atoms with Crippen molar-refractivity contribution in [3.05, 3.63) is 75.4 Å². The van der Waals surface area contributed by atoms with Crippen molar-refractivity contribution in [2.24, 2.45) is 16.7 Å². The second kappa shape index (κ2) is 9.51. The van der Waals surface area contributed by atoms with E-state index in [-0.39, 0.29) is 57.0 Å². The summed E-state index contributed by atoms with van der Waals surface area (Å²) in [5.74, 6) is -1.55. The van der Waals surface area contributed by atoms with E-state index in [0.29, 0.717) is 41.5 Å². The fraction of sp³-hybridized carbons (Fsp3) is 0.485. The number of carboxylic acid groups (broad SMARTS) is 1. The van der Waals surface area contributed by atoms with E-state index in [4.69, 9.17) is 0 Å². The van der Waals surface area contributed by atoms with Crippen LogP contribution in [-0.2, 0) is 27.5 Å². The van der Waals surface area contributed by atoms with Gasteiger partial charge in [-0.2, -0.15) is 0 Å². The van der Waals surface area contributed by atoms with Crippen molar-refractivity contribution in [2.75, 3.05) is 5.75 Å². The van der Waals surface area contributed by atoms with E-state index in [1.54, 1.807) is 13.0 Å². The Bertz CT molecular complexity index is 1600. The zero-order valence-corrected chi connectivity index (χ0v) is 24.8. The van der Waals surface area contributed by atoms with E-state index >= 15 is 0 Å². The summed E-state index contributed by atoms with van der Waals surface area (Å²) in [6.07, 6.45) is 5.28. The summed E-state index contributed by atoms with van der Waals surface area (Å²) in [6.45, 7) is 13.7. The summed E-state index contributed by atoms with van der Waals surface area (Å²) < 4.78 is 25.6. The van der Waals surface area contributed by atoms with E-state index in [9.17, 15) is 27.9 Å². The third-order valence-electron chi connectivity index (χ3n) is 9.98. The summed E-state index contributed by atoms with van der Waals surface area (Å²) in [6, 6.07) is 5.36. The van der Waals surface area contributed by atoms with Crippen molar-refractivity contribution in [3.8, 4) is 0 Å². The van der Waals surface area contributed by atoms with Crippen molar-refractivity contribution >= 4 is 27.4 Å². The van der Waals surface area contributed by atoms with Crippen molar-refractivity contribution in [3.63, 3.8) is 0 Å². The number of sulfone groups is 1. The highest BCUT2D eigenvalue weighted by Gasteiger charge is 2.51. The summed E-state index contributed by atoms with van der Waals surface area (Å²) in [4.78, 5) is 40.9. The lowest BCUT2D eigenvalue weighted by atomic mass is 9.54. The Balaban J connectivity index is 1.66. The van der Waals surface area contributed by atoms with Gasteiger partial charge in [0, 0.05) is 22.3 Å². The quantitative estimate of drug-likeness (QED) is 0.357. The molecule has 2 aliphatic carbocycles. The predicted molar refractivity (Wildman–Crippen MR) is 154 cm³/mol. The minimum atomic E-state index is -3.51. The van der Waals surface area contributed by atoms with Crippen LogP contribution in [0, 0.1) is 23.7 Å². The van der Waals surface area contributed by atoms with Gasteiger partial charge < -0.3 is 5.11 Å². The molecule has 3 unspecified atom stereocenters. The first-order chi connectivity index (χ1) is 18.7. The zero-order valence-electron chi connectivity index (χ0n) is 24.0. The third kappa shape index (κ3) is 4.11. The summed E-state index contributed by atoms with van der Waals surface area (Å²) >= 11 is 0. The molecule has 5 rings (SSSR count). The molecule has 1 saturated carbocycles. The minimum absolute atomic E-state index is 0.0668. The van der Waals surface area contributed by atoms with Crippen LogP contribution >= 0.6 is 0 Å². The Morgan fingerprint density at radius 2 is 1.77 bits per heavy atom. The average Bonchev–Trinajstić information content (AvgIpc) is 3.21. The molecule has 1 fully saturated rings. The van der Waals surface area contributed by atoms with E-state index in [1.165, 1.54) is 0 Å². The maximum absolute atomic E-state index is 14.3. The lowest BCUT2D eigenvalue weighted by molar-refractivity contribution is -0.158. The van der Waals surface area contributed by atoms with Crippen LogP contribution in [0.25, 0.3) is 0 Å². The molecule has 2 aromatic rings. The van der Waals surface area contributed by atoms with Gasteiger partial charge in [0.15, 0.2) is 21.4 Å². The fourth-order valence-electron chi connectivity index (χ4n) is 7.65. The second-order valence-corrected chi connectivity index (χ2v) is 14.8. The first kappa shape index (κ1) is 28.5. The molecule has 3 atom stereocenters. The number of hydrogen-bond acceptors (Lipinski definition) is 5. The van der Waals surface area contributed by atoms with Crippen molar-refractivity contribution in [2.45, 2.75) is 84.0 Å². The van der Waals surface area contributed by atoms with Crippen LogP contribution in [0.2, 0.25) is 0 Å². The number of benzene rings is 2. The number of hydrogen-bond donors (Lipinski definition) is 1. The molecule has 0 saturated heterocycles. The van der Waals surface area contributed by atoms with E-state index in [1.807, 2.05) is 39.0 Å². The van der Waals surface area contributed by atoms with Gasteiger partial charge in [-0.05, 0) is 97.6 Å². The predicted octanol–water partition coefficient (Wildman–Crippen LogP) is 6.24. The second-order valence-electron chi connectivity index (χ2n) is 12.8. The molecule has 1 N–H and O–H groups in total. The maximum Gasteiger partial charge on any atom is 0.309 e. The van der Waals surface area contributed by atoms with E-state index < -0.39 is 21.2 Å². The van der Waals surface area contributed by atoms with Crippen molar-refractivity contribution in [1.82, 2.24) is 0 Å². The van der Waals surface area contributed by atoms with E-state index in [2.05, 4.69) is 13.5 Å². The number of carbonyl (C=O) groups excluding carboxylic acids is 2. The van der Waals surface area contributed by atoms with Crippen LogP contribution in [0.4, 0.5) is 0 Å². The Hall–Kier alpha value is -3.06. The smallest absolute Gasteiger partial charge is 0.309 e. The zero-order chi connectivity index (χ0) is 29.4. The normalized spacial score (nSPS) is 26.8. The van der Waals surface area contributed by atoms with Gasteiger partial charge in [0.2, 0.25) is 0 Å². The number of fused-ring (bicyclic) bond motifs is 4. The lowest BCUT2D eigenvalue weighted by Gasteiger charge is -2.49. The SMILES string of the molecule is C=CC1(C)CCCC(C)(C(=O)O)C1CCc1cc(C(C)C)cc2c1C(=O)c1c(cc(C)c3c1CCS3(=O)=O)C2=O. The molecule has 0 amide bonds. The van der Waals surface area contributed by atoms with Crippen LogP contribution in [0.5, 0.6) is 0 Å². The van der Waals surface area contributed by atoms with Crippen LogP contribution in [0.1, 0.15) is 113 Å². The van der Waals surface area contributed by atoms with Gasteiger partial charge in [-0.3, -0.25) is 14.4 Å². The molecule has 2 aromatic carbocycles. The first-order valence-electron chi connectivity index (χ1n) is 14.2. The third-order valence-corrected chi connectivity index (χ3v) is 11.9. The highest BCUT2D eigenvalue weighted by molar-refractivity contribution is 7.91. The molecule has 0 aromatic heterocycles. The van der Waals surface area contributed by atoms with Crippen molar-refractivity contribution < 1.29 is 27.9 Å². The van der Waals surface area contributed by atoms with Gasteiger partial charge in [0.05, 0.1) is 16.1 Å². The highest BCUT2D eigenvalue weighted by atomic mass is 32.2. The van der Waals surface area contributed by atoms with Crippen molar-refractivity contribution in [1.29, 1.82) is 0 Å². The molecule has 3 aliphatic rings. The Morgan fingerprint density at radius 3 is 2.40 bits per heavy atom. The topological polar surface area (TPSA) is 106 Å². The number of aliphatic carboxylic acids is 1. The summed E-state index contributed by atoms with van der Waals surface area (Å²) in [5, 5.41) is 10.3.